The summed E-state index contributed by atoms with van der Waals surface area (Å²) in [5.41, 5.74) is 0.837. The Labute approximate surface area is 174 Å². The second-order valence-electron chi connectivity index (χ2n) is 8.54. The molecule has 4 rings (SSSR count). The van der Waals surface area contributed by atoms with Gasteiger partial charge in [0.25, 0.3) is 5.56 Å². The van der Waals surface area contributed by atoms with E-state index >= 15 is 0 Å². The summed E-state index contributed by atoms with van der Waals surface area (Å²) in [4.78, 5) is 29.8. The smallest absolute Gasteiger partial charge is 0.326 e. The van der Waals surface area contributed by atoms with Gasteiger partial charge in [-0.05, 0) is 42.7 Å². The molecule has 8 heteroatoms. The minimum atomic E-state index is -0.418. The number of esters is 1. The number of hydrogen-bond donors (Lipinski definition) is 0. The van der Waals surface area contributed by atoms with Crippen molar-refractivity contribution in [3.8, 4) is 5.69 Å². The van der Waals surface area contributed by atoms with Crippen molar-refractivity contribution in [3.63, 3.8) is 0 Å². The summed E-state index contributed by atoms with van der Waals surface area (Å²) in [7, 11) is 0. The molecular weight excluding hydrogens is 382 g/mol. The van der Waals surface area contributed by atoms with Crippen molar-refractivity contribution in [2.75, 3.05) is 0 Å². The van der Waals surface area contributed by atoms with Crippen LogP contribution in [0.15, 0.2) is 41.5 Å². The molecule has 30 heavy (non-hydrogen) atoms. The zero-order valence-electron chi connectivity index (χ0n) is 17.6. The summed E-state index contributed by atoms with van der Waals surface area (Å²) >= 11 is 0. The highest BCUT2D eigenvalue weighted by molar-refractivity contribution is 5.72. The molecule has 0 spiro atoms. The van der Waals surface area contributed by atoms with E-state index in [0.717, 1.165) is 24.9 Å². The van der Waals surface area contributed by atoms with Crippen molar-refractivity contribution >= 4 is 17.1 Å². The largest absolute Gasteiger partial charge is 0.461 e. The lowest BCUT2D eigenvalue weighted by Crippen LogP contribution is -2.37. The van der Waals surface area contributed by atoms with Crippen LogP contribution in [0.5, 0.6) is 0 Å². The Hall–Kier alpha value is -3.03. The Morgan fingerprint density at radius 2 is 2.00 bits per heavy atom. The third-order valence-electron chi connectivity index (χ3n) is 5.97. The van der Waals surface area contributed by atoms with Gasteiger partial charge < -0.3 is 4.74 Å². The van der Waals surface area contributed by atoms with Gasteiger partial charge >= 0.3 is 5.97 Å². The Bertz CT molecular complexity index is 1090. The van der Waals surface area contributed by atoms with Crippen LogP contribution in [0, 0.1) is 17.8 Å². The molecule has 1 aliphatic rings. The van der Waals surface area contributed by atoms with E-state index in [2.05, 4.69) is 36.1 Å². The number of nitrogens with zero attached hydrogens (tertiary/aromatic N) is 5. The molecular formula is C22H27N5O3. The summed E-state index contributed by atoms with van der Waals surface area (Å²) in [6.45, 7) is 6.34. The minimum Gasteiger partial charge on any atom is -0.461 e. The Kier molecular flexibility index (Phi) is 5.65. The van der Waals surface area contributed by atoms with Crippen molar-refractivity contribution < 1.29 is 9.53 Å². The van der Waals surface area contributed by atoms with Crippen LogP contribution >= 0.6 is 0 Å². The van der Waals surface area contributed by atoms with E-state index in [0.29, 0.717) is 23.4 Å². The topological polar surface area (TPSA) is 91.9 Å². The number of benzene rings is 1. The van der Waals surface area contributed by atoms with Crippen LogP contribution in [0.25, 0.3) is 16.9 Å². The van der Waals surface area contributed by atoms with E-state index in [9.17, 15) is 9.59 Å². The number of aromatic nitrogens is 5. The number of carbonyl (C=O) groups is 1. The fourth-order valence-corrected chi connectivity index (χ4v) is 4.30. The minimum absolute atomic E-state index is 0.104. The number of rotatable bonds is 5. The van der Waals surface area contributed by atoms with Crippen molar-refractivity contribution in [1.29, 1.82) is 0 Å². The van der Waals surface area contributed by atoms with Crippen LogP contribution in [0.2, 0.25) is 0 Å². The Morgan fingerprint density at radius 3 is 2.73 bits per heavy atom. The van der Waals surface area contributed by atoms with Gasteiger partial charge in [-0.15, -0.1) is 5.10 Å². The van der Waals surface area contributed by atoms with Crippen molar-refractivity contribution in [2.24, 2.45) is 17.8 Å². The number of hydrogen-bond acceptors (Lipinski definition) is 6. The zero-order chi connectivity index (χ0) is 21.3. The monoisotopic (exact) mass is 409 g/mol. The molecule has 1 saturated carbocycles. The van der Waals surface area contributed by atoms with Crippen molar-refractivity contribution in [2.45, 2.75) is 52.7 Å². The van der Waals surface area contributed by atoms with E-state index in [4.69, 9.17) is 4.74 Å². The van der Waals surface area contributed by atoms with Crippen LogP contribution in [-0.4, -0.2) is 36.6 Å². The standard InChI is InChI=1S/C22H27N5O3/c1-14(2)17-10-9-15(3)11-18(17)30-19(28)12-26-13-23-21-20(22(26)29)24-25-27(21)16-7-5-4-6-8-16/h4-8,13-15,17-18H,9-12H2,1-3H3. The fourth-order valence-electron chi connectivity index (χ4n) is 4.30. The number of fused-ring (bicyclic) bond motifs is 1. The van der Waals surface area contributed by atoms with Crippen LogP contribution < -0.4 is 5.56 Å². The van der Waals surface area contributed by atoms with Gasteiger partial charge in [0, 0.05) is 0 Å². The van der Waals surface area contributed by atoms with Gasteiger partial charge in [0.2, 0.25) is 0 Å². The molecule has 1 fully saturated rings. The second kappa shape index (κ2) is 8.38. The molecule has 0 saturated heterocycles. The first kappa shape index (κ1) is 20.3. The van der Waals surface area contributed by atoms with Crippen LogP contribution in [0.3, 0.4) is 0 Å². The first-order valence-electron chi connectivity index (χ1n) is 10.5. The lowest BCUT2D eigenvalue weighted by atomic mass is 9.75. The highest BCUT2D eigenvalue weighted by Gasteiger charge is 2.33. The fraction of sp³-hybridized carbons (Fsp3) is 0.500. The molecule has 3 aromatic rings. The third-order valence-corrected chi connectivity index (χ3v) is 5.97. The SMILES string of the molecule is CC1CCC(C(C)C)C(OC(=O)Cn2cnc3c(nnn3-c3ccccc3)c2=O)C1. The normalized spacial score (nSPS) is 21.8. The zero-order valence-corrected chi connectivity index (χ0v) is 17.6. The number of para-hydroxylation sites is 1. The average molecular weight is 409 g/mol. The molecule has 1 aromatic carbocycles. The van der Waals surface area contributed by atoms with Gasteiger partial charge in [0.1, 0.15) is 19.0 Å². The number of carbonyl (C=O) groups excluding carboxylic acids is 1. The summed E-state index contributed by atoms with van der Waals surface area (Å²) in [5.74, 6) is 0.919. The van der Waals surface area contributed by atoms with E-state index in [1.165, 1.54) is 15.6 Å². The molecule has 1 aliphatic carbocycles. The maximum Gasteiger partial charge on any atom is 0.326 e. The van der Waals surface area contributed by atoms with Crippen LogP contribution in [0.1, 0.15) is 40.0 Å². The number of ether oxygens (including phenoxy) is 1. The molecule has 2 heterocycles. The summed E-state index contributed by atoms with van der Waals surface area (Å²) in [6.07, 6.45) is 4.35. The predicted molar refractivity (Wildman–Crippen MR) is 112 cm³/mol. The first-order chi connectivity index (χ1) is 14.4. The molecule has 0 amide bonds. The maximum atomic E-state index is 12.8. The molecule has 0 bridgehead atoms. The quantitative estimate of drug-likeness (QED) is 0.602. The molecule has 0 N–H and O–H groups in total. The van der Waals surface area contributed by atoms with E-state index in [1.807, 2.05) is 30.3 Å². The third kappa shape index (κ3) is 3.99. The van der Waals surface area contributed by atoms with Crippen molar-refractivity contribution in [1.82, 2.24) is 24.5 Å². The molecule has 3 atom stereocenters. The molecule has 3 unspecified atom stereocenters. The van der Waals surface area contributed by atoms with Crippen LogP contribution in [0.4, 0.5) is 0 Å². The van der Waals surface area contributed by atoms with Gasteiger partial charge in [0.05, 0.1) is 5.69 Å². The average Bonchev–Trinajstić information content (AvgIpc) is 3.15. The molecule has 8 nitrogen and oxygen atoms in total. The Morgan fingerprint density at radius 1 is 1.23 bits per heavy atom. The highest BCUT2D eigenvalue weighted by atomic mass is 16.5. The van der Waals surface area contributed by atoms with E-state index < -0.39 is 11.5 Å². The molecule has 158 valence electrons. The van der Waals surface area contributed by atoms with Crippen LogP contribution in [-0.2, 0) is 16.1 Å². The highest BCUT2D eigenvalue weighted by Crippen LogP contribution is 2.35. The van der Waals surface area contributed by atoms with E-state index in [-0.39, 0.29) is 18.2 Å². The summed E-state index contributed by atoms with van der Waals surface area (Å²) in [5, 5.41) is 8.04. The van der Waals surface area contributed by atoms with Gasteiger partial charge in [-0.25, -0.2) is 4.98 Å². The van der Waals surface area contributed by atoms with E-state index in [1.54, 1.807) is 0 Å². The predicted octanol–water partition coefficient (Wildman–Crippen LogP) is 2.98. The van der Waals surface area contributed by atoms with Gasteiger partial charge in [-0.2, -0.15) is 4.68 Å². The summed E-state index contributed by atoms with van der Waals surface area (Å²) < 4.78 is 8.56. The van der Waals surface area contributed by atoms with Gasteiger partial charge in [-0.1, -0.05) is 50.6 Å². The molecule has 2 aromatic heterocycles. The lowest BCUT2D eigenvalue weighted by molar-refractivity contribution is -0.156. The molecule has 0 aliphatic heterocycles. The second-order valence-corrected chi connectivity index (χ2v) is 8.54. The van der Waals surface area contributed by atoms with Gasteiger partial charge in [0.15, 0.2) is 11.2 Å². The maximum absolute atomic E-state index is 12.8. The summed E-state index contributed by atoms with van der Waals surface area (Å²) in [6, 6.07) is 9.35. The Balaban J connectivity index is 1.53. The lowest BCUT2D eigenvalue weighted by Gasteiger charge is -2.36. The van der Waals surface area contributed by atoms with Crippen molar-refractivity contribution in [3.05, 3.63) is 47.0 Å². The molecule has 0 radical (unpaired) electrons. The first-order valence-corrected chi connectivity index (χ1v) is 10.5. The van der Waals surface area contributed by atoms with Gasteiger partial charge in [-0.3, -0.25) is 14.2 Å².